The minimum Gasteiger partial charge on any atom is -0.382 e. The summed E-state index contributed by atoms with van der Waals surface area (Å²) in [7, 11) is 0. The van der Waals surface area contributed by atoms with Gasteiger partial charge in [0.1, 0.15) is 0 Å². The van der Waals surface area contributed by atoms with Crippen LogP contribution in [0.15, 0.2) is 36.7 Å². The maximum absolute atomic E-state index is 12.0. The summed E-state index contributed by atoms with van der Waals surface area (Å²) < 4.78 is 0. The van der Waals surface area contributed by atoms with E-state index < -0.39 is 0 Å². The number of hydrogen-bond donors (Lipinski definition) is 2. The van der Waals surface area contributed by atoms with Gasteiger partial charge in [0.2, 0.25) is 0 Å². The number of hydrogen-bond acceptors (Lipinski definition) is 5. The third kappa shape index (κ3) is 3.23. The first-order valence-corrected chi connectivity index (χ1v) is 7.38. The van der Waals surface area contributed by atoms with E-state index in [-0.39, 0.29) is 17.4 Å². The lowest BCUT2D eigenvalue weighted by atomic mass is 10.00. The van der Waals surface area contributed by atoms with E-state index in [0.717, 1.165) is 26.1 Å². The van der Waals surface area contributed by atoms with Gasteiger partial charge in [-0.3, -0.25) is 9.69 Å². The lowest BCUT2D eigenvalue weighted by molar-refractivity contribution is 0.0943. The Morgan fingerprint density at radius 3 is 2.82 bits per heavy atom. The molecule has 6 heteroatoms. The summed E-state index contributed by atoms with van der Waals surface area (Å²) in [5.74, 6) is -0.116. The molecule has 0 atom stereocenters. The molecule has 2 heterocycles. The van der Waals surface area contributed by atoms with Crippen molar-refractivity contribution in [1.29, 1.82) is 0 Å². The van der Waals surface area contributed by atoms with E-state index in [2.05, 4.69) is 44.5 Å². The van der Waals surface area contributed by atoms with Crippen molar-refractivity contribution >= 4 is 11.7 Å². The van der Waals surface area contributed by atoms with Crippen molar-refractivity contribution in [3.63, 3.8) is 0 Å². The molecule has 0 radical (unpaired) electrons. The number of nitrogen functional groups attached to an aromatic ring is 1. The summed E-state index contributed by atoms with van der Waals surface area (Å²) in [5, 5.41) is 2.85. The highest BCUT2D eigenvalue weighted by Crippen LogP contribution is 2.17. The first-order chi connectivity index (χ1) is 10.7. The van der Waals surface area contributed by atoms with Crippen LogP contribution in [-0.2, 0) is 13.0 Å². The lowest BCUT2D eigenvalue weighted by Crippen LogP contribution is -2.38. The van der Waals surface area contributed by atoms with Gasteiger partial charge in [-0.25, -0.2) is 9.97 Å². The van der Waals surface area contributed by atoms with Crippen molar-refractivity contribution < 1.29 is 4.79 Å². The number of amides is 1. The molecule has 1 amide bonds. The fourth-order valence-electron chi connectivity index (χ4n) is 2.68. The van der Waals surface area contributed by atoms with Crippen LogP contribution >= 0.6 is 0 Å². The number of carbonyl (C=O) groups excluding carboxylic acids is 1. The summed E-state index contributed by atoms with van der Waals surface area (Å²) in [6.45, 7) is 3.32. The maximum Gasteiger partial charge on any atom is 0.273 e. The fraction of sp³-hybridized carbons (Fsp3) is 0.312. The number of benzene rings is 1. The summed E-state index contributed by atoms with van der Waals surface area (Å²) in [6, 6.07) is 8.51. The zero-order valence-electron chi connectivity index (χ0n) is 12.3. The monoisotopic (exact) mass is 297 g/mol. The fourth-order valence-corrected chi connectivity index (χ4v) is 2.68. The number of aromatic nitrogens is 2. The first-order valence-electron chi connectivity index (χ1n) is 7.38. The van der Waals surface area contributed by atoms with Crippen LogP contribution in [0, 0.1) is 0 Å². The second kappa shape index (κ2) is 6.53. The van der Waals surface area contributed by atoms with E-state index in [9.17, 15) is 4.79 Å². The number of nitrogens with one attached hydrogen (secondary N) is 1. The van der Waals surface area contributed by atoms with E-state index >= 15 is 0 Å². The molecule has 0 saturated carbocycles. The summed E-state index contributed by atoms with van der Waals surface area (Å²) >= 11 is 0. The van der Waals surface area contributed by atoms with Crippen LogP contribution in [-0.4, -0.2) is 40.4 Å². The van der Waals surface area contributed by atoms with Gasteiger partial charge in [-0.15, -0.1) is 0 Å². The predicted octanol–water partition coefficient (Wildman–Crippen LogP) is 0.847. The SMILES string of the molecule is Nc1nccnc1C(=O)NCCN1CCc2ccccc2C1. The predicted molar refractivity (Wildman–Crippen MR) is 84.2 cm³/mol. The second-order valence-corrected chi connectivity index (χ2v) is 5.34. The van der Waals surface area contributed by atoms with Gasteiger partial charge in [0.15, 0.2) is 11.5 Å². The molecule has 3 N–H and O–H groups in total. The second-order valence-electron chi connectivity index (χ2n) is 5.34. The molecule has 3 rings (SSSR count). The Labute approximate surface area is 129 Å². The zero-order valence-corrected chi connectivity index (χ0v) is 12.3. The van der Waals surface area contributed by atoms with Crippen molar-refractivity contribution in [3.05, 3.63) is 53.5 Å². The number of rotatable bonds is 4. The molecule has 2 aromatic rings. The standard InChI is InChI=1S/C16H19N5O/c17-15-14(18-6-7-19-15)16(22)20-8-10-21-9-5-12-3-1-2-4-13(12)11-21/h1-4,6-7H,5,8-11H2,(H2,17,19)(H,20,22). The van der Waals surface area contributed by atoms with Crippen LogP contribution < -0.4 is 11.1 Å². The van der Waals surface area contributed by atoms with Gasteiger partial charge in [0.25, 0.3) is 5.91 Å². The Kier molecular flexibility index (Phi) is 4.29. The van der Waals surface area contributed by atoms with E-state index in [0.29, 0.717) is 6.54 Å². The van der Waals surface area contributed by atoms with Gasteiger partial charge in [-0.2, -0.15) is 0 Å². The van der Waals surface area contributed by atoms with Crippen molar-refractivity contribution in [1.82, 2.24) is 20.2 Å². The van der Waals surface area contributed by atoms with Gasteiger partial charge in [-0.05, 0) is 17.5 Å². The molecule has 1 aromatic carbocycles. The zero-order chi connectivity index (χ0) is 15.4. The Morgan fingerprint density at radius 1 is 1.23 bits per heavy atom. The smallest absolute Gasteiger partial charge is 0.273 e. The Balaban J connectivity index is 1.50. The quantitative estimate of drug-likeness (QED) is 0.874. The third-order valence-corrected chi connectivity index (χ3v) is 3.86. The molecule has 1 aromatic heterocycles. The Hall–Kier alpha value is -2.47. The van der Waals surface area contributed by atoms with E-state index in [4.69, 9.17) is 5.73 Å². The minimum absolute atomic E-state index is 0.159. The van der Waals surface area contributed by atoms with Crippen molar-refractivity contribution in [2.24, 2.45) is 0 Å². The first kappa shape index (κ1) is 14.5. The molecule has 6 nitrogen and oxygen atoms in total. The molecule has 1 aliphatic rings. The van der Waals surface area contributed by atoms with Crippen LogP contribution in [0.25, 0.3) is 0 Å². The van der Waals surface area contributed by atoms with Crippen LogP contribution in [0.4, 0.5) is 5.82 Å². The normalized spacial score (nSPS) is 14.4. The summed E-state index contributed by atoms with van der Waals surface area (Å²) in [6.07, 6.45) is 3.99. The molecule has 0 fully saturated rings. The number of nitrogens with zero attached hydrogens (tertiary/aromatic N) is 3. The van der Waals surface area contributed by atoms with Gasteiger partial charge in [0, 0.05) is 38.6 Å². The number of nitrogens with two attached hydrogens (primary N) is 1. The van der Waals surface area contributed by atoms with Gasteiger partial charge in [-0.1, -0.05) is 24.3 Å². The molecule has 114 valence electrons. The van der Waals surface area contributed by atoms with Crippen molar-refractivity contribution in [2.45, 2.75) is 13.0 Å². The topological polar surface area (TPSA) is 84.1 Å². The molecular formula is C16H19N5O. The van der Waals surface area contributed by atoms with Crippen LogP contribution in [0.2, 0.25) is 0 Å². The average molecular weight is 297 g/mol. The molecular weight excluding hydrogens is 278 g/mol. The minimum atomic E-state index is -0.275. The van der Waals surface area contributed by atoms with Crippen LogP contribution in [0.1, 0.15) is 21.6 Å². The molecule has 0 aliphatic carbocycles. The molecule has 0 bridgehead atoms. The summed E-state index contributed by atoms with van der Waals surface area (Å²) in [4.78, 5) is 22.2. The molecule has 0 unspecified atom stereocenters. The molecule has 0 spiro atoms. The molecule has 22 heavy (non-hydrogen) atoms. The van der Waals surface area contributed by atoms with Crippen molar-refractivity contribution in [2.75, 3.05) is 25.4 Å². The number of anilines is 1. The largest absolute Gasteiger partial charge is 0.382 e. The van der Waals surface area contributed by atoms with Crippen LogP contribution in [0.5, 0.6) is 0 Å². The Morgan fingerprint density at radius 2 is 2.00 bits per heavy atom. The lowest BCUT2D eigenvalue weighted by Gasteiger charge is -2.28. The van der Waals surface area contributed by atoms with Gasteiger partial charge >= 0.3 is 0 Å². The average Bonchev–Trinajstić information content (AvgIpc) is 2.55. The number of carbonyl (C=O) groups is 1. The van der Waals surface area contributed by atoms with Gasteiger partial charge < -0.3 is 11.1 Å². The third-order valence-electron chi connectivity index (χ3n) is 3.86. The molecule has 1 aliphatic heterocycles. The molecule has 0 saturated heterocycles. The highest BCUT2D eigenvalue weighted by atomic mass is 16.1. The van der Waals surface area contributed by atoms with E-state index in [1.807, 2.05) is 0 Å². The maximum atomic E-state index is 12.0. The van der Waals surface area contributed by atoms with Crippen LogP contribution in [0.3, 0.4) is 0 Å². The van der Waals surface area contributed by atoms with E-state index in [1.54, 1.807) is 0 Å². The number of fused-ring (bicyclic) bond motifs is 1. The van der Waals surface area contributed by atoms with Gasteiger partial charge in [0.05, 0.1) is 0 Å². The van der Waals surface area contributed by atoms with Crippen molar-refractivity contribution in [3.8, 4) is 0 Å². The highest BCUT2D eigenvalue weighted by Gasteiger charge is 2.16. The highest BCUT2D eigenvalue weighted by molar-refractivity contribution is 5.96. The van der Waals surface area contributed by atoms with E-state index in [1.165, 1.54) is 23.5 Å². The Bertz CT molecular complexity index is 673. The summed E-state index contributed by atoms with van der Waals surface area (Å²) in [5.41, 5.74) is 8.63.